The summed E-state index contributed by atoms with van der Waals surface area (Å²) in [7, 11) is 0. The van der Waals surface area contributed by atoms with Crippen molar-refractivity contribution in [3.05, 3.63) is 141 Å². The summed E-state index contributed by atoms with van der Waals surface area (Å²) in [6, 6.07) is 12.4. The number of carbonyl (C=O) groups is 2. The third-order valence-electron chi connectivity index (χ3n) is 9.32. The molecule has 55 heavy (non-hydrogen) atoms. The molecule has 0 aliphatic heterocycles. The van der Waals surface area contributed by atoms with Gasteiger partial charge in [-0.25, -0.2) is 19.0 Å². The average molecular weight is 748 g/mol. The first-order valence-electron chi connectivity index (χ1n) is 17.2. The van der Waals surface area contributed by atoms with Gasteiger partial charge in [0.1, 0.15) is 17.9 Å². The van der Waals surface area contributed by atoms with Crippen molar-refractivity contribution in [2.24, 2.45) is 0 Å². The van der Waals surface area contributed by atoms with Crippen molar-refractivity contribution in [1.82, 2.24) is 34.0 Å². The van der Waals surface area contributed by atoms with E-state index in [0.29, 0.717) is 33.7 Å². The summed E-state index contributed by atoms with van der Waals surface area (Å²) in [4.78, 5) is 82.9. The molecule has 0 bridgehead atoms. The molecule has 0 saturated carbocycles. The van der Waals surface area contributed by atoms with Gasteiger partial charge in [-0.2, -0.15) is 0 Å². The third kappa shape index (κ3) is 6.84. The molecule has 4 aromatic heterocycles. The maximum absolute atomic E-state index is 13.8. The number of nitrogens with one attached hydrogen (secondary N) is 3. The minimum Gasteiger partial charge on any atom is -0.478 e. The second kappa shape index (κ2) is 15.2. The molecular weight excluding hydrogens is 710 g/mol. The highest BCUT2D eigenvalue weighted by Gasteiger charge is 2.21. The van der Waals surface area contributed by atoms with Crippen LogP contribution < -0.4 is 27.6 Å². The largest absolute Gasteiger partial charge is 0.478 e. The number of allylic oxidation sites excluding steroid dienone is 1. The average Bonchev–Trinajstić information content (AvgIpc) is 3.68. The molecule has 1 amide bonds. The highest BCUT2D eigenvalue weighted by Crippen LogP contribution is 2.21. The number of carboxylic acid groups (broad SMARTS) is 1. The predicted octanol–water partition coefficient (Wildman–Crippen LogP) is 3.96. The Morgan fingerprint density at radius 1 is 0.782 bits per heavy atom. The highest BCUT2D eigenvalue weighted by molar-refractivity contribution is 5.88. The molecule has 2 aromatic carbocycles. The summed E-state index contributed by atoms with van der Waals surface area (Å²) in [5, 5.41) is 27.2. The van der Waals surface area contributed by atoms with E-state index in [0.717, 1.165) is 0 Å². The summed E-state index contributed by atoms with van der Waals surface area (Å²) >= 11 is 0. The Morgan fingerprint density at radius 3 is 1.75 bits per heavy atom. The number of benzene rings is 2. The van der Waals surface area contributed by atoms with E-state index in [-0.39, 0.29) is 58.5 Å². The van der Waals surface area contributed by atoms with Gasteiger partial charge in [0, 0.05) is 25.6 Å². The van der Waals surface area contributed by atoms with Crippen LogP contribution in [0.2, 0.25) is 0 Å². The molecule has 0 spiro atoms. The fourth-order valence-electron chi connectivity index (χ4n) is 6.54. The first-order valence-corrected chi connectivity index (χ1v) is 17.2. The van der Waals surface area contributed by atoms with Crippen molar-refractivity contribution in [3.63, 3.8) is 0 Å². The van der Waals surface area contributed by atoms with E-state index in [2.05, 4.69) is 26.1 Å². The normalized spacial score (nSPS) is 11.4. The molecule has 16 nitrogen and oxygen atoms in total. The molecule has 0 aliphatic carbocycles. The fourth-order valence-corrected chi connectivity index (χ4v) is 6.54. The van der Waals surface area contributed by atoms with E-state index < -0.39 is 34.1 Å². The Kier molecular flexibility index (Phi) is 10.4. The van der Waals surface area contributed by atoms with Crippen LogP contribution in [0.4, 0.5) is 0 Å². The Balaban J connectivity index is 1.47. The lowest BCUT2D eigenvalue weighted by Crippen LogP contribution is -2.24. The number of fused-ring (bicyclic) bond motifs is 2. The smallest absolute Gasteiger partial charge is 0.335 e. The number of hydrogen-bond donors (Lipinski definition) is 5. The first-order chi connectivity index (χ1) is 26.3. The Morgan fingerprint density at radius 2 is 1.27 bits per heavy atom. The minimum absolute atomic E-state index is 0.0248. The number of carboxylic acids is 1. The van der Waals surface area contributed by atoms with Gasteiger partial charge in [0.2, 0.25) is 5.91 Å². The summed E-state index contributed by atoms with van der Waals surface area (Å²) in [6.45, 7) is 8.48. The van der Waals surface area contributed by atoms with Crippen LogP contribution in [0.1, 0.15) is 58.9 Å². The highest BCUT2D eigenvalue weighted by atomic mass is 17.1. The predicted molar refractivity (Wildman–Crippen MR) is 206 cm³/mol. The zero-order valence-corrected chi connectivity index (χ0v) is 30.5. The summed E-state index contributed by atoms with van der Waals surface area (Å²) in [5.74, 6) is -1.57. The van der Waals surface area contributed by atoms with Crippen LogP contribution in [0.15, 0.2) is 85.2 Å². The van der Waals surface area contributed by atoms with Crippen molar-refractivity contribution >= 4 is 46.1 Å². The number of pyridine rings is 2. The van der Waals surface area contributed by atoms with Gasteiger partial charge in [0.05, 0.1) is 39.0 Å². The van der Waals surface area contributed by atoms with Gasteiger partial charge in [-0.05, 0) is 99.0 Å². The van der Waals surface area contributed by atoms with Crippen molar-refractivity contribution in [2.45, 2.75) is 54.3 Å². The molecule has 0 radical (unpaired) electrons. The fraction of sp³-hybridized carbons (Fsp3) is 0.205. The van der Waals surface area contributed by atoms with Gasteiger partial charge < -0.3 is 10.4 Å². The van der Waals surface area contributed by atoms with Crippen molar-refractivity contribution in [2.75, 3.05) is 0 Å². The number of carbonyl (C=O) groups excluding carboxylic acids is 1. The summed E-state index contributed by atoms with van der Waals surface area (Å²) < 4.78 is 5.37. The number of nitrogens with zero attached hydrogens (tertiary/aromatic N) is 4. The van der Waals surface area contributed by atoms with E-state index >= 15 is 0 Å². The molecule has 0 aliphatic rings. The molecule has 0 atom stereocenters. The summed E-state index contributed by atoms with van der Waals surface area (Å²) in [5.41, 5.74) is 4.61. The molecule has 5 N–H and O–H groups in total. The lowest BCUT2D eigenvalue weighted by molar-refractivity contribution is -0.253. The van der Waals surface area contributed by atoms with E-state index in [1.807, 2.05) is 0 Å². The van der Waals surface area contributed by atoms with Crippen molar-refractivity contribution < 1.29 is 24.8 Å². The lowest BCUT2D eigenvalue weighted by Gasteiger charge is -2.09. The van der Waals surface area contributed by atoms with Crippen molar-refractivity contribution in [3.8, 4) is 11.4 Å². The van der Waals surface area contributed by atoms with E-state index in [4.69, 9.17) is 5.26 Å². The standard InChI is InChI=1S/C39H37N7O9/c1-6-43-33-31(37(50)45(41-33)27-14-8-24(9-15-27)20-55-54)21(3)29(35(43)48)18-12-26(40-23(5)47)13-19-30-22(4)32-34(44(7-2)36(30)49)42-46(38(32)51)28-16-10-25(11-17-28)39(52)53/h8-11,13-19,41-42,54H,6-7,20H2,1-5H3,(H,40,47)(H,52,53). The van der Waals surface area contributed by atoms with Crippen molar-refractivity contribution in [1.29, 1.82) is 0 Å². The number of amides is 1. The molecule has 282 valence electrons. The van der Waals surface area contributed by atoms with Crippen LogP contribution in [0, 0.1) is 13.8 Å². The molecule has 4 heterocycles. The Bertz CT molecular complexity index is 2860. The number of aryl methyl sites for hydroxylation is 4. The zero-order chi connectivity index (χ0) is 39.7. The van der Waals surface area contributed by atoms with E-state index in [1.54, 1.807) is 52.0 Å². The quantitative estimate of drug-likeness (QED) is 0.0560. The molecular formula is C39H37N7O9. The number of aromatic amines is 2. The van der Waals surface area contributed by atoms with Crippen LogP contribution >= 0.6 is 0 Å². The molecule has 6 aromatic rings. The monoisotopic (exact) mass is 747 g/mol. The zero-order valence-electron chi connectivity index (χ0n) is 30.5. The number of hydrogen-bond acceptors (Lipinski definition) is 8. The molecule has 0 saturated heterocycles. The van der Waals surface area contributed by atoms with Crippen LogP contribution in [0.3, 0.4) is 0 Å². The Hall–Kier alpha value is -7.00. The maximum Gasteiger partial charge on any atom is 0.335 e. The van der Waals surface area contributed by atoms with Gasteiger partial charge in [0.15, 0.2) is 0 Å². The number of H-pyrrole nitrogens is 2. The van der Waals surface area contributed by atoms with Gasteiger partial charge in [-0.1, -0.05) is 17.9 Å². The van der Waals surface area contributed by atoms with Gasteiger partial charge in [0.25, 0.3) is 22.2 Å². The Labute approximate surface area is 311 Å². The molecule has 0 unspecified atom stereocenters. The SMILES string of the molecule is CCn1c(=O)c(C=C=C(C=Cc2c(C)c3c(=O)n(-c4ccc(C(=O)O)cc4)[nH]c3n(CC)c2=O)NC(C)=O)c(C)c2c(=O)n(-c3ccc(COO)cc3)[nH]c21. The van der Waals surface area contributed by atoms with Crippen LogP contribution in [0.25, 0.3) is 45.6 Å². The van der Waals surface area contributed by atoms with E-state index in [9.17, 15) is 33.9 Å². The second-order valence-electron chi connectivity index (χ2n) is 12.6. The first kappa shape index (κ1) is 37.7. The number of aromatic carboxylic acids is 1. The second-order valence-corrected chi connectivity index (χ2v) is 12.6. The minimum atomic E-state index is -1.11. The molecule has 16 heteroatoms. The van der Waals surface area contributed by atoms with Gasteiger partial charge in [-0.15, -0.1) is 0 Å². The van der Waals surface area contributed by atoms with Gasteiger partial charge in [-0.3, -0.25) is 48.6 Å². The number of rotatable bonds is 11. The number of aromatic nitrogens is 6. The van der Waals surface area contributed by atoms with Gasteiger partial charge >= 0.3 is 5.97 Å². The maximum atomic E-state index is 13.8. The van der Waals surface area contributed by atoms with Crippen LogP contribution in [-0.4, -0.2) is 50.9 Å². The van der Waals surface area contributed by atoms with Crippen LogP contribution in [-0.2, 0) is 29.4 Å². The molecule has 0 fully saturated rings. The molecule has 6 rings (SSSR count). The lowest BCUT2D eigenvalue weighted by atomic mass is 10.1. The van der Waals surface area contributed by atoms with E-state index in [1.165, 1.54) is 67.9 Å². The third-order valence-corrected chi connectivity index (χ3v) is 9.32. The summed E-state index contributed by atoms with van der Waals surface area (Å²) in [6.07, 6.45) is 4.27. The van der Waals surface area contributed by atoms with Crippen LogP contribution in [0.5, 0.6) is 0 Å². The topological polar surface area (TPSA) is 215 Å².